The van der Waals surface area contributed by atoms with Crippen LogP contribution in [0.5, 0.6) is 5.88 Å². The quantitative estimate of drug-likeness (QED) is 0.427. The topological polar surface area (TPSA) is 66.4 Å². The van der Waals surface area contributed by atoms with Gasteiger partial charge in [0.2, 0.25) is 5.88 Å². The third-order valence-electron chi connectivity index (χ3n) is 3.36. The third kappa shape index (κ3) is 2.74. The Bertz CT molecular complexity index is 933. The molecule has 23 heavy (non-hydrogen) atoms. The van der Waals surface area contributed by atoms with Crippen LogP contribution in [-0.2, 0) is 6.61 Å². The van der Waals surface area contributed by atoms with Crippen LogP contribution in [-0.4, -0.2) is 14.6 Å². The Balaban J connectivity index is 1.67. The Labute approximate surface area is 135 Å². The van der Waals surface area contributed by atoms with Crippen LogP contribution in [0.4, 0.5) is 0 Å². The number of fused-ring (bicyclic) bond motifs is 1. The van der Waals surface area contributed by atoms with Crippen LogP contribution >= 0.6 is 11.3 Å². The lowest BCUT2D eigenvalue weighted by atomic mass is 10.3. The largest absolute Gasteiger partial charge is 0.619 e. The fourth-order valence-electron chi connectivity index (χ4n) is 2.24. The third-order valence-corrected chi connectivity index (χ3v) is 4.25. The molecule has 0 amide bonds. The SMILES string of the molecule is [O-][n+]1ccc(COc2cc(-c3cccs3)nc3ccnn23)cc1. The highest BCUT2D eigenvalue weighted by atomic mass is 32.1. The minimum absolute atomic E-state index is 0.351. The van der Waals surface area contributed by atoms with Gasteiger partial charge >= 0.3 is 0 Å². The average molecular weight is 324 g/mol. The molecule has 0 atom stereocenters. The molecule has 4 rings (SSSR count). The number of nitrogens with zero attached hydrogens (tertiary/aromatic N) is 4. The van der Waals surface area contributed by atoms with Gasteiger partial charge in [-0.2, -0.15) is 14.3 Å². The van der Waals surface area contributed by atoms with E-state index >= 15 is 0 Å². The summed E-state index contributed by atoms with van der Waals surface area (Å²) in [7, 11) is 0. The number of aromatic nitrogens is 4. The van der Waals surface area contributed by atoms with Crippen molar-refractivity contribution < 1.29 is 9.47 Å². The van der Waals surface area contributed by atoms with Crippen LogP contribution in [0.25, 0.3) is 16.2 Å². The molecule has 0 aliphatic carbocycles. The molecule has 0 radical (unpaired) electrons. The van der Waals surface area contributed by atoms with Crippen molar-refractivity contribution in [3.05, 3.63) is 71.1 Å². The minimum atomic E-state index is 0.351. The molecule has 0 spiro atoms. The predicted molar refractivity (Wildman–Crippen MR) is 86.0 cm³/mol. The van der Waals surface area contributed by atoms with E-state index in [1.807, 2.05) is 29.6 Å². The summed E-state index contributed by atoms with van der Waals surface area (Å²) in [6, 6.07) is 11.2. The Hall–Kier alpha value is -2.93. The van der Waals surface area contributed by atoms with E-state index in [9.17, 15) is 5.21 Å². The van der Waals surface area contributed by atoms with E-state index in [0.29, 0.717) is 12.5 Å². The maximum Gasteiger partial charge on any atom is 0.218 e. The van der Waals surface area contributed by atoms with E-state index in [0.717, 1.165) is 26.5 Å². The van der Waals surface area contributed by atoms with Crippen LogP contribution in [0.3, 0.4) is 0 Å². The second-order valence-electron chi connectivity index (χ2n) is 4.91. The molecule has 6 nitrogen and oxygen atoms in total. The van der Waals surface area contributed by atoms with Crippen LogP contribution < -0.4 is 9.47 Å². The molecular weight excluding hydrogens is 312 g/mol. The summed E-state index contributed by atoms with van der Waals surface area (Å²) in [6.07, 6.45) is 4.59. The molecule has 4 aromatic rings. The molecule has 4 heterocycles. The normalized spacial score (nSPS) is 11.0. The highest BCUT2D eigenvalue weighted by Crippen LogP contribution is 2.27. The summed E-state index contributed by atoms with van der Waals surface area (Å²) < 4.78 is 8.30. The predicted octanol–water partition coefficient (Wildman–Crippen LogP) is 2.67. The Morgan fingerprint density at radius 1 is 1.22 bits per heavy atom. The molecular formula is C16H12N4O2S. The lowest BCUT2D eigenvalue weighted by molar-refractivity contribution is -0.605. The van der Waals surface area contributed by atoms with E-state index < -0.39 is 0 Å². The number of hydrogen-bond donors (Lipinski definition) is 0. The molecule has 0 unspecified atom stereocenters. The van der Waals surface area contributed by atoms with Gasteiger partial charge in [0.05, 0.1) is 16.8 Å². The lowest BCUT2D eigenvalue weighted by Gasteiger charge is -2.09. The summed E-state index contributed by atoms with van der Waals surface area (Å²) in [6.45, 7) is 0.351. The van der Waals surface area contributed by atoms with E-state index in [1.165, 1.54) is 12.4 Å². The molecule has 0 bridgehead atoms. The monoisotopic (exact) mass is 324 g/mol. The fourth-order valence-corrected chi connectivity index (χ4v) is 2.92. The summed E-state index contributed by atoms with van der Waals surface area (Å²) >= 11 is 1.63. The highest BCUT2D eigenvalue weighted by molar-refractivity contribution is 7.13. The Kier molecular flexibility index (Phi) is 3.39. The lowest BCUT2D eigenvalue weighted by Crippen LogP contribution is -2.23. The van der Waals surface area contributed by atoms with Crippen molar-refractivity contribution in [2.75, 3.05) is 0 Å². The van der Waals surface area contributed by atoms with Crippen molar-refractivity contribution in [2.24, 2.45) is 0 Å². The maximum absolute atomic E-state index is 11.1. The average Bonchev–Trinajstić information content (AvgIpc) is 3.25. The van der Waals surface area contributed by atoms with Crippen molar-refractivity contribution in [1.82, 2.24) is 14.6 Å². The van der Waals surface area contributed by atoms with E-state index in [4.69, 9.17) is 4.74 Å². The second-order valence-corrected chi connectivity index (χ2v) is 5.86. The number of ether oxygens (including phenoxy) is 1. The molecule has 0 saturated heterocycles. The van der Waals surface area contributed by atoms with E-state index in [-0.39, 0.29) is 0 Å². The van der Waals surface area contributed by atoms with Crippen LogP contribution in [0, 0.1) is 5.21 Å². The van der Waals surface area contributed by atoms with Crippen LogP contribution in [0.2, 0.25) is 0 Å². The van der Waals surface area contributed by atoms with Gasteiger partial charge in [0.25, 0.3) is 0 Å². The molecule has 7 heteroatoms. The number of thiophene rings is 1. The van der Waals surface area contributed by atoms with Crippen molar-refractivity contribution in [2.45, 2.75) is 6.61 Å². The Morgan fingerprint density at radius 3 is 2.87 bits per heavy atom. The van der Waals surface area contributed by atoms with Gasteiger partial charge in [-0.1, -0.05) is 6.07 Å². The second kappa shape index (κ2) is 5.69. The van der Waals surface area contributed by atoms with Crippen molar-refractivity contribution in [1.29, 1.82) is 0 Å². The highest BCUT2D eigenvalue weighted by Gasteiger charge is 2.10. The summed E-state index contributed by atoms with van der Waals surface area (Å²) in [5.74, 6) is 0.613. The number of rotatable bonds is 4. The molecule has 4 aromatic heterocycles. The van der Waals surface area contributed by atoms with Gasteiger partial charge in [-0.05, 0) is 11.4 Å². The van der Waals surface area contributed by atoms with Gasteiger partial charge in [-0.3, -0.25) is 0 Å². The van der Waals surface area contributed by atoms with Gasteiger partial charge < -0.3 is 9.94 Å². The fraction of sp³-hybridized carbons (Fsp3) is 0.0625. The molecule has 0 aliphatic heterocycles. The Morgan fingerprint density at radius 2 is 2.09 bits per heavy atom. The number of hydrogen-bond acceptors (Lipinski definition) is 5. The van der Waals surface area contributed by atoms with E-state index in [1.54, 1.807) is 34.2 Å². The van der Waals surface area contributed by atoms with Gasteiger partial charge in [-0.25, -0.2) is 4.98 Å². The zero-order chi connectivity index (χ0) is 15.6. The maximum atomic E-state index is 11.1. The zero-order valence-corrected chi connectivity index (χ0v) is 12.8. The van der Waals surface area contributed by atoms with Gasteiger partial charge in [0, 0.05) is 29.8 Å². The summed E-state index contributed by atoms with van der Waals surface area (Å²) in [4.78, 5) is 5.67. The van der Waals surface area contributed by atoms with E-state index in [2.05, 4.69) is 10.1 Å². The first kappa shape index (κ1) is 13.7. The molecule has 0 saturated carbocycles. The molecule has 114 valence electrons. The zero-order valence-electron chi connectivity index (χ0n) is 12.0. The van der Waals surface area contributed by atoms with Gasteiger partial charge in [-0.15, -0.1) is 11.3 Å². The molecule has 0 fully saturated rings. The molecule has 0 aromatic carbocycles. The summed E-state index contributed by atoms with van der Waals surface area (Å²) in [5, 5.41) is 17.3. The van der Waals surface area contributed by atoms with Crippen LogP contribution in [0.15, 0.2) is 60.4 Å². The standard InChI is InChI=1S/C16H12N4O2S/c21-19-7-4-12(5-8-19)11-22-16-10-13(14-2-1-9-23-14)18-15-3-6-17-20(15)16/h1-10H,11H2. The van der Waals surface area contributed by atoms with Gasteiger partial charge in [0.1, 0.15) is 6.61 Å². The van der Waals surface area contributed by atoms with Crippen molar-refractivity contribution >= 4 is 17.0 Å². The number of pyridine rings is 1. The first-order valence-corrected chi connectivity index (χ1v) is 7.87. The summed E-state index contributed by atoms with van der Waals surface area (Å²) in [5.41, 5.74) is 2.50. The first-order chi connectivity index (χ1) is 11.3. The molecule has 0 N–H and O–H groups in total. The van der Waals surface area contributed by atoms with Crippen LogP contribution in [0.1, 0.15) is 5.56 Å². The first-order valence-electron chi connectivity index (χ1n) is 6.99. The smallest absolute Gasteiger partial charge is 0.218 e. The van der Waals surface area contributed by atoms with Crippen molar-refractivity contribution in [3.8, 4) is 16.5 Å². The molecule has 0 aliphatic rings. The van der Waals surface area contributed by atoms with Crippen molar-refractivity contribution in [3.63, 3.8) is 0 Å². The minimum Gasteiger partial charge on any atom is -0.619 e. The van der Waals surface area contributed by atoms with Gasteiger partial charge in [0.15, 0.2) is 18.0 Å².